The Balaban J connectivity index is 1.95. The first kappa shape index (κ1) is 13.3. The lowest BCUT2D eigenvalue weighted by molar-refractivity contribution is 0.244. The zero-order valence-corrected chi connectivity index (χ0v) is 11.9. The number of aliphatic hydroxyl groups excluding tert-OH is 1. The van der Waals surface area contributed by atoms with E-state index < -0.39 is 0 Å². The van der Waals surface area contributed by atoms with Gasteiger partial charge >= 0.3 is 0 Å². The van der Waals surface area contributed by atoms with Crippen LogP contribution in [0.2, 0.25) is 0 Å². The molecule has 4 heteroatoms. The second-order valence-corrected chi connectivity index (χ2v) is 5.62. The van der Waals surface area contributed by atoms with E-state index in [1.807, 2.05) is 13.0 Å². The van der Waals surface area contributed by atoms with Crippen LogP contribution >= 0.6 is 0 Å². The predicted octanol–water partition coefficient (Wildman–Crippen LogP) is 2.54. The van der Waals surface area contributed by atoms with Crippen molar-refractivity contribution in [2.75, 3.05) is 24.6 Å². The van der Waals surface area contributed by atoms with Gasteiger partial charge in [-0.2, -0.15) is 5.10 Å². The Labute approximate surface area is 119 Å². The standard InChI is InChI=1S/C16H21N3O/c1-12-14-6-2-3-7-15(14)16(18-17-12)19-9-4-5-13(11-19)8-10-20/h2-3,6-7,13,20H,4-5,8-11H2,1H3. The van der Waals surface area contributed by atoms with Crippen LogP contribution in [0, 0.1) is 12.8 Å². The van der Waals surface area contributed by atoms with E-state index in [2.05, 4.69) is 33.3 Å². The molecule has 106 valence electrons. The average molecular weight is 271 g/mol. The van der Waals surface area contributed by atoms with Crippen molar-refractivity contribution in [1.29, 1.82) is 0 Å². The molecule has 0 aliphatic carbocycles. The van der Waals surface area contributed by atoms with Gasteiger partial charge in [0.2, 0.25) is 0 Å². The summed E-state index contributed by atoms with van der Waals surface area (Å²) in [7, 11) is 0. The van der Waals surface area contributed by atoms with Crippen molar-refractivity contribution in [3.8, 4) is 0 Å². The highest BCUT2D eigenvalue weighted by molar-refractivity contribution is 5.93. The van der Waals surface area contributed by atoms with Gasteiger partial charge in [-0.1, -0.05) is 24.3 Å². The summed E-state index contributed by atoms with van der Waals surface area (Å²) in [5.74, 6) is 1.56. The van der Waals surface area contributed by atoms with Gasteiger partial charge in [-0.15, -0.1) is 5.10 Å². The smallest absolute Gasteiger partial charge is 0.159 e. The lowest BCUT2D eigenvalue weighted by Gasteiger charge is -2.33. The second-order valence-electron chi connectivity index (χ2n) is 5.62. The van der Waals surface area contributed by atoms with Crippen LogP contribution in [0.15, 0.2) is 24.3 Å². The Morgan fingerprint density at radius 1 is 1.25 bits per heavy atom. The maximum Gasteiger partial charge on any atom is 0.159 e. The monoisotopic (exact) mass is 271 g/mol. The minimum Gasteiger partial charge on any atom is -0.396 e. The molecule has 3 rings (SSSR count). The fraction of sp³-hybridized carbons (Fsp3) is 0.500. The number of nitrogens with zero attached hydrogens (tertiary/aromatic N) is 3. The first-order valence-electron chi connectivity index (χ1n) is 7.37. The SMILES string of the molecule is Cc1nnc(N2CCCC(CCO)C2)c2ccccc12. The molecule has 1 atom stereocenters. The van der Waals surface area contributed by atoms with Crippen LogP contribution < -0.4 is 4.90 Å². The minimum absolute atomic E-state index is 0.277. The van der Waals surface area contributed by atoms with Gasteiger partial charge < -0.3 is 10.0 Å². The number of benzene rings is 1. The zero-order valence-electron chi connectivity index (χ0n) is 11.9. The van der Waals surface area contributed by atoms with E-state index in [0.717, 1.165) is 37.4 Å². The molecule has 2 heterocycles. The highest BCUT2D eigenvalue weighted by Crippen LogP contribution is 2.29. The third-order valence-corrected chi connectivity index (χ3v) is 4.21. The number of piperidine rings is 1. The van der Waals surface area contributed by atoms with E-state index in [0.29, 0.717) is 5.92 Å². The van der Waals surface area contributed by atoms with Gasteiger partial charge in [0, 0.05) is 30.5 Å². The molecular formula is C16H21N3O. The Kier molecular flexibility index (Phi) is 3.83. The number of rotatable bonds is 3. The van der Waals surface area contributed by atoms with Crippen molar-refractivity contribution in [2.45, 2.75) is 26.2 Å². The molecule has 1 N–H and O–H groups in total. The number of hydrogen-bond acceptors (Lipinski definition) is 4. The molecule has 1 aromatic heterocycles. The molecule has 1 aromatic carbocycles. The lowest BCUT2D eigenvalue weighted by Crippen LogP contribution is -2.36. The molecule has 4 nitrogen and oxygen atoms in total. The van der Waals surface area contributed by atoms with Crippen LogP contribution in [0.3, 0.4) is 0 Å². The van der Waals surface area contributed by atoms with E-state index in [1.54, 1.807) is 0 Å². The molecule has 1 saturated heterocycles. The summed E-state index contributed by atoms with van der Waals surface area (Å²) in [4.78, 5) is 2.33. The topological polar surface area (TPSA) is 49.2 Å². The minimum atomic E-state index is 0.277. The first-order chi connectivity index (χ1) is 9.79. The summed E-state index contributed by atoms with van der Waals surface area (Å²) in [5, 5.41) is 20.3. The summed E-state index contributed by atoms with van der Waals surface area (Å²) in [6.45, 7) is 4.29. The first-order valence-corrected chi connectivity index (χ1v) is 7.37. The van der Waals surface area contributed by atoms with Crippen molar-refractivity contribution >= 4 is 16.6 Å². The third-order valence-electron chi connectivity index (χ3n) is 4.21. The molecule has 1 fully saturated rings. The second kappa shape index (κ2) is 5.75. The summed E-state index contributed by atoms with van der Waals surface area (Å²) < 4.78 is 0. The van der Waals surface area contributed by atoms with E-state index in [4.69, 9.17) is 5.11 Å². The zero-order chi connectivity index (χ0) is 13.9. The van der Waals surface area contributed by atoms with Crippen LogP contribution in [0.1, 0.15) is 25.0 Å². The highest BCUT2D eigenvalue weighted by Gasteiger charge is 2.22. The van der Waals surface area contributed by atoms with Crippen molar-refractivity contribution in [2.24, 2.45) is 5.92 Å². The number of anilines is 1. The largest absolute Gasteiger partial charge is 0.396 e. The molecule has 0 bridgehead atoms. The maximum atomic E-state index is 9.14. The molecule has 2 aromatic rings. The van der Waals surface area contributed by atoms with Crippen molar-refractivity contribution in [3.05, 3.63) is 30.0 Å². The molecule has 0 spiro atoms. The Hall–Kier alpha value is -1.68. The Morgan fingerprint density at radius 3 is 2.85 bits per heavy atom. The Bertz CT molecular complexity index is 597. The molecule has 0 radical (unpaired) electrons. The van der Waals surface area contributed by atoms with Gasteiger partial charge in [0.1, 0.15) is 0 Å². The summed E-state index contributed by atoms with van der Waals surface area (Å²) in [5.41, 5.74) is 0.980. The lowest BCUT2D eigenvalue weighted by atomic mass is 9.95. The van der Waals surface area contributed by atoms with E-state index in [1.165, 1.54) is 17.2 Å². The summed E-state index contributed by atoms with van der Waals surface area (Å²) in [6, 6.07) is 8.34. The van der Waals surface area contributed by atoms with Crippen LogP contribution in [-0.4, -0.2) is 35.0 Å². The molecule has 1 aliphatic heterocycles. The van der Waals surface area contributed by atoms with Gasteiger partial charge in [0.15, 0.2) is 5.82 Å². The highest BCUT2D eigenvalue weighted by atomic mass is 16.3. The molecule has 0 saturated carbocycles. The molecular weight excluding hydrogens is 250 g/mol. The van der Waals surface area contributed by atoms with Crippen LogP contribution in [0.5, 0.6) is 0 Å². The van der Waals surface area contributed by atoms with E-state index in [9.17, 15) is 0 Å². The van der Waals surface area contributed by atoms with E-state index >= 15 is 0 Å². The van der Waals surface area contributed by atoms with Crippen LogP contribution in [0.4, 0.5) is 5.82 Å². The Morgan fingerprint density at radius 2 is 2.05 bits per heavy atom. The number of fused-ring (bicyclic) bond motifs is 1. The van der Waals surface area contributed by atoms with Gasteiger partial charge in [-0.05, 0) is 32.1 Å². The van der Waals surface area contributed by atoms with Crippen molar-refractivity contribution in [3.63, 3.8) is 0 Å². The van der Waals surface area contributed by atoms with E-state index in [-0.39, 0.29) is 6.61 Å². The quantitative estimate of drug-likeness (QED) is 0.932. The van der Waals surface area contributed by atoms with Crippen LogP contribution in [-0.2, 0) is 0 Å². The fourth-order valence-corrected chi connectivity index (χ4v) is 3.13. The predicted molar refractivity (Wildman–Crippen MR) is 80.9 cm³/mol. The maximum absolute atomic E-state index is 9.14. The normalized spacial score (nSPS) is 19.5. The molecule has 1 unspecified atom stereocenters. The van der Waals surface area contributed by atoms with Gasteiger partial charge in [-0.25, -0.2) is 0 Å². The fourth-order valence-electron chi connectivity index (χ4n) is 3.13. The molecule has 20 heavy (non-hydrogen) atoms. The molecule has 1 aliphatic rings. The van der Waals surface area contributed by atoms with Crippen molar-refractivity contribution < 1.29 is 5.11 Å². The number of hydrogen-bond donors (Lipinski definition) is 1. The van der Waals surface area contributed by atoms with Crippen LogP contribution in [0.25, 0.3) is 10.8 Å². The average Bonchev–Trinajstić information content (AvgIpc) is 2.49. The van der Waals surface area contributed by atoms with Gasteiger partial charge in [0.05, 0.1) is 5.69 Å². The molecule has 0 amide bonds. The van der Waals surface area contributed by atoms with Gasteiger partial charge in [-0.3, -0.25) is 0 Å². The van der Waals surface area contributed by atoms with Gasteiger partial charge in [0.25, 0.3) is 0 Å². The van der Waals surface area contributed by atoms with Crippen molar-refractivity contribution in [1.82, 2.24) is 10.2 Å². The third kappa shape index (κ3) is 2.48. The number of aromatic nitrogens is 2. The summed E-state index contributed by atoms with van der Waals surface area (Å²) >= 11 is 0. The number of aryl methyl sites for hydroxylation is 1. The summed E-state index contributed by atoms with van der Waals surface area (Å²) in [6.07, 6.45) is 3.25. The number of aliphatic hydroxyl groups is 1.